The van der Waals surface area contributed by atoms with Crippen molar-refractivity contribution in [3.63, 3.8) is 0 Å². The minimum absolute atomic E-state index is 0.502. The first-order valence-electron chi connectivity index (χ1n) is 8.77. The van der Waals surface area contributed by atoms with Gasteiger partial charge in [0.2, 0.25) is 0 Å². The van der Waals surface area contributed by atoms with Gasteiger partial charge in [0.1, 0.15) is 5.76 Å². The largest absolute Gasteiger partial charge is 0.457 e. The summed E-state index contributed by atoms with van der Waals surface area (Å²) < 4.78 is 12.6. The molecule has 1 N–H and O–H groups in total. The topological polar surface area (TPSA) is 50.5 Å². The molecule has 4 rings (SSSR count). The Morgan fingerprint density at radius 3 is 2.88 bits per heavy atom. The first-order valence-corrected chi connectivity index (χ1v) is 9.58. The van der Waals surface area contributed by atoms with Crippen molar-refractivity contribution in [2.75, 3.05) is 32.8 Å². The van der Waals surface area contributed by atoms with Gasteiger partial charge in [0.15, 0.2) is 10.8 Å². The number of para-hydroxylation sites is 1. The first-order chi connectivity index (χ1) is 12.3. The van der Waals surface area contributed by atoms with E-state index < -0.39 is 0 Å². The van der Waals surface area contributed by atoms with E-state index in [4.69, 9.17) is 9.15 Å². The van der Waals surface area contributed by atoms with E-state index in [1.54, 1.807) is 11.3 Å². The van der Waals surface area contributed by atoms with E-state index in [0.717, 1.165) is 61.4 Å². The van der Waals surface area contributed by atoms with Crippen molar-refractivity contribution in [2.24, 2.45) is 0 Å². The number of benzene rings is 1. The van der Waals surface area contributed by atoms with Crippen molar-refractivity contribution in [3.05, 3.63) is 42.2 Å². The Hall–Kier alpha value is -1.73. The van der Waals surface area contributed by atoms with Gasteiger partial charge in [-0.3, -0.25) is 4.90 Å². The average Bonchev–Trinajstić information content (AvgIpc) is 3.29. The minimum atomic E-state index is 0.502. The van der Waals surface area contributed by atoms with Crippen LogP contribution in [0.3, 0.4) is 0 Å². The zero-order valence-electron chi connectivity index (χ0n) is 14.4. The van der Waals surface area contributed by atoms with Crippen LogP contribution in [-0.2, 0) is 11.3 Å². The van der Waals surface area contributed by atoms with Crippen molar-refractivity contribution in [1.29, 1.82) is 0 Å². The molecule has 1 aliphatic rings. The SMILES string of the molecule is C[C@@H](CNCc1ccc(-c2nc3ccccc3s2)o1)N1CCOCC1. The molecule has 0 amide bonds. The number of nitrogens with one attached hydrogen (secondary N) is 1. The number of aromatic nitrogens is 1. The summed E-state index contributed by atoms with van der Waals surface area (Å²) in [5.41, 5.74) is 1.03. The van der Waals surface area contributed by atoms with E-state index in [-0.39, 0.29) is 0 Å². The highest BCUT2D eigenvalue weighted by molar-refractivity contribution is 7.21. The fraction of sp³-hybridized carbons (Fsp3) is 0.421. The van der Waals surface area contributed by atoms with Crippen LogP contribution in [0.25, 0.3) is 21.0 Å². The summed E-state index contributed by atoms with van der Waals surface area (Å²) in [7, 11) is 0. The summed E-state index contributed by atoms with van der Waals surface area (Å²) in [6, 6.07) is 12.7. The van der Waals surface area contributed by atoms with Gasteiger partial charge in [0.25, 0.3) is 0 Å². The maximum Gasteiger partial charge on any atom is 0.163 e. The standard InChI is InChI=1S/C19H23N3O2S/c1-14(22-8-10-23-11-9-22)12-20-13-15-6-7-17(24-15)19-21-16-4-2-3-5-18(16)25-19/h2-7,14,20H,8-13H2,1H3/t14-/m0/s1. The van der Waals surface area contributed by atoms with Crippen LogP contribution in [-0.4, -0.2) is 48.8 Å². The number of furan rings is 1. The Kier molecular flexibility index (Phi) is 5.12. The van der Waals surface area contributed by atoms with Crippen LogP contribution in [0, 0.1) is 0 Å². The van der Waals surface area contributed by atoms with Crippen LogP contribution in [0.5, 0.6) is 0 Å². The van der Waals surface area contributed by atoms with Gasteiger partial charge < -0.3 is 14.5 Å². The molecule has 1 atom stereocenters. The van der Waals surface area contributed by atoms with Gasteiger partial charge in [-0.2, -0.15) is 0 Å². The molecule has 1 aliphatic heterocycles. The van der Waals surface area contributed by atoms with Crippen molar-refractivity contribution in [2.45, 2.75) is 19.5 Å². The van der Waals surface area contributed by atoms with Gasteiger partial charge >= 0.3 is 0 Å². The third-order valence-electron chi connectivity index (χ3n) is 4.57. The lowest BCUT2D eigenvalue weighted by Crippen LogP contribution is -2.46. The number of nitrogens with zero attached hydrogens (tertiary/aromatic N) is 2. The van der Waals surface area contributed by atoms with Crippen LogP contribution >= 0.6 is 11.3 Å². The van der Waals surface area contributed by atoms with E-state index in [0.29, 0.717) is 6.04 Å². The number of fused-ring (bicyclic) bond motifs is 1. The number of hydrogen-bond donors (Lipinski definition) is 1. The van der Waals surface area contributed by atoms with E-state index in [9.17, 15) is 0 Å². The van der Waals surface area contributed by atoms with Crippen molar-refractivity contribution < 1.29 is 9.15 Å². The molecule has 0 aliphatic carbocycles. The molecule has 6 heteroatoms. The zero-order valence-corrected chi connectivity index (χ0v) is 15.2. The Morgan fingerprint density at radius 1 is 1.20 bits per heavy atom. The Labute approximate surface area is 151 Å². The molecule has 2 aromatic heterocycles. The lowest BCUT2D eigenvalue weighted by molar-refractivity contribution is 0.0203. The van der Waals surface area contributed by atoms with Gasteiger partial charge in [0.05, 0.1) is 30.0 Å². The normalized spacial score (nSPS) is 17.2. The number of rotatable bonds is 6. The lowest BCUT2D eigenvalue weighted by atomic mass is 10.2. The summed E-state index contributed by atoms with van der Waals surface area (Å²) in [5, 5.41) is 4.44. The number of ether oxygens (including phenoxy) is 1. The summed E-state index contributed by atoms with van der Waals surface area (Å²) in [5.74, 6) is 1.79. The monoisotopic (exact) mass is 357 g/mol. The van der Waals surface area contributed by atoms with Crippen LogP contribution in [0.1, 0.15) is 12.7 Å². The highest BCUT2D eigenvalue weighted by atomic mass is 32.1. The zero-order chi connectivity index (χ0) is 17.1. The molecule has 0 spiro atoms. The molecule has 132 valence electrons. The second-order valence-electron chi connectivity index (χ2n) is 6.38. The Balaban J connectivity index is 1.33. The summed E-state index contributed by atoms with van der Waals surface area (Å²) >= 11 is 1.67. The quantitative estimate of drug-likeness (QED) is 0.733. The third kappa shape index (κ3) is 3.93. The first kappa shape index (κ1) is 16.7. The van der Waals surface area contributed by atoms with Crippen LogP contribution in [0.15, 0.2) is 40.8 Å². The maximum absolute atomic E-state index is 5.98. The van der Waals surface area contributed by atoms with E-state index in [2.05, 4.69) is 28.2 Å². The molecular weight excluding hydrogens is 334 g/mol. The van der Waals surface area contributed by atoms with E-state index >= 15 is 0 Å². The summed E-state index contributed by atoms with van der Waals surface area (Å²) in [6.45, 7) is 7.66. The van der Waals surface area contributed by atoms with Gasteiger partial charge in [0, 0.05) is 25.7 Å². The average molecular weight is 357 g/mol. The van der Waals surface area contributed by atoms with Crippen LogP contribution in [0.2, 0.25) is 0 Å². The summed E-state index contributed by atoms with van der Waals surface area (Å²) in [6.07, 6.45) is 0. The third-order valence-corrected chi connectivity index (χ3v) is 5.63. The smallest absolute Gasteiger partial charge is 0.163 e. The molecule has 1 saturated heterocycles. The molecular formula is C19H23N3O2S. The van der Waals surface area contributed by atoms with Crippen molar-refractivity contribution in [1.82, 2.24) is 15.2 Å². The Morgan fingerprint density at radius 2 is 2.04 bits per heavy atom. The highest BCUT2D eigenvalue weighted by Gasteiger charge is 2.16. The molecule has 1 aromatic carbocycles. The minimum Gasteiger partial charge on any atom is -0.457 e. The van der Waals surface area contributed by atoms with Gasteiger partial charge in [-0.1, -0.05) is 12.1 Å². The predicted molar refractivity (Wildman–Crippen MR) is 101 cm³/mol. The molecule has 1 fully saturated rings. The second-order valence-corrected chi connectivity index (χ2v) is 7.41. The van der Waals surface area contributed by atoms with Crippen molar-refractivity contribution in [3.8, 4) is 10.8 Å². The van der Waals surface area contributed by atoms with Gasteiger partial charge in [-0.15, -0.1) is 11.3 Å². The number of hydrogen-bond acceptors (Lipinski definition) is 6. The highest BCUT2D eigenvalue weighted by Crippen LogP contribution is 2.31. The summed E-state index contributed by atoms with van der Waals surface area (Å²) in [4.78, 5) is 7.12. The predicted octanol–water partition coefficient (Wildman–Crippen LogP) is 3.37. The number of thiazole rings is 1. The van der Waals surface area contributed by atoms with E-state index in [1.165, 1.54) is 4.70 Å². The molecule has 0 bridgehead atoms. The molecule has 0 unspecified atom stereocenters. The van der Waals surface area contributed by atoms with Crippen LogP contribution in [0.4, 0.5) is 0 Å². The Bertz CT molecular complexity index is 790. The fourth-order valence-corrected chi connectivity index (χ4v) is 4.04. The fourth-order valence-electron chi connectivity index (χ4n) is 3.12. The van der Waals surface area contributed by atoms with Gasteiger partial charge in [-0.25, -0.2) is 4.98 Å². The second kappa shape index (κ2) is 7.66. The maximum atomic E-state index is 5.98. The van der Waals surface area contributed by atoms with Gasteiger partial charge in [-0.05, 0) is 31.2 Å². The molecule has 0 saturated carbocycles. The van der Waals surface area contributed by atoms with Crippen molar-refractivity contribution >= 4 is 21.6 Å². The lowest BCUT2D eigenvalue weighted by Gasteiger charge is -2.32. The molecule has 3 heterocycles. The number of morpholine rings is 1. The molecule has 25 heavy (non-hydrogen) atoms. The van der Waals surface area contributed by atoms with E-state index in [1.807, 2.05) is 30.3 Å². The van der Waals surface area contributed by atoms with Crippen LogP contribution < -0.4 is 5.32 Å². The molecule has 5 nitrogen and oxygen atoms in total. The molecule has 0 radical (unpaired) electrons. The molecule has 3 aromatic rings.